The number of fused-ring (bicyclic) bond motifs is 3. The summed E-state index contributed by atoms with van der Waals surface area (Å²) in [5, 5.41) is 45.5. The third kappa shape index (κ3) is 23.1. The Morgan fingerprint density at radius 1 is 0.914 bits per heavy atom. The van der Waals surface area contributed by atoms with Crippen molar-refractivity contribution in [2.45, 2.75) is 192 Å². The summed E-state index contributed by atoms with van der Waals surface area (Å²) in [6.07, 6.45) is 7.38. The van der Waals surface area contributed by atoms with Crippen LogP contribution in [0, 0.1) is 17.8 Å². The second-order valence-electron chi connectivity index (χ2n) is 18.3. The van der Waals surface area contributed by atoms with Crippen LogP contribution in [0.1, 0.15) is 155 Å². The van der Waals surface area contributed by atoms with Crippen LogP contribution < -0.4 is 11.4 Å². The van der Waals surface area contributed by atoms with E-state index in [1.807, 2.05) is 6.92 Å². The lowest BCUT2D eigenvalue weighted by atomic mass is 9.83. The third-order valence-corrected chi connectivity index (χ3v) is 15.0. The first kappa shape index (κ1) is 61.1. The molecular weight excluding hydrogens is 956 g/mol. The van der Waals surface area contributed by atoms with Gasteiger partial charge in [-0.05, 0) is 44.1 Å². The quantitative estimate of drug-likeness (QED) is 0.0327. The Balaban J connectivity index is 1.88. The van der Waals surface area contributed by atoms with Gasteiger partial charge in [0, 0.05) is 31.4 Å². The highest BCUT2D eigenvalue weighted by Gasteiger charge is 2.45. The van der Waals surface area contributed by atoms with Gasteiger partial charge in [0.2, 0.25) is 0 Å². The second-order valence-corrected chi connectivity index (χ2v) is 21.4. The number of phosphoric ester groups is 2. The number of anilines is 1. The maximum absolute atomic E-state index is 14.2. The fraction of sp³-hybridized carbons (Fsp3) is 0.766. The first-order valence-electron chi connectivity index (χ1n) is 24.8. The van der Waals surface area contributed by atoms with E-state index in [1.165, 1.54) is 43.9 Å². The van der Waals surface area contributed by atoms with Gasteiger partial charge in [-0.25, -0.2) is 13.9 Å². The minimum absolute atomic E-state index is 0.00375. The molecule has 0 amide bonds. The Hall–Kier alpha value is -3.17. The third-order valence-electron chi connectivity index (χ3n) is 12.4. The molecule has 400 valence electrons. The highest BCUT2D eigenvalue weighted by molar-refractivity contribution is 7.61. The molecule has 21 nitrogen and oxygen atoms in total. The summed E-state index contributed by atoms with van der Waals surface area (Å²) in [7, 11) is -11.3. The first-order chi connectivity index (χ1) is 33.3. The molecule has 70 heavy (non-hydrogen) atoms. The molecule has 2 aliphatic heterocycles. The molecule has 0 saturated carbocycles. The number of hydrogen-bond donors (Lipinski definition) is 7. The van der Waals surface area contributed by atoms with E-state index < -0.39 is 120 Å². The number of cyclic esters (lactones) is 1. The number of nitrogen functional groups attached to an aromatic ring is 1. The van der Waals surface area contributed by atoms with E-state index in [0.717, 1.165) is 61.6 Å². The number of esters is 2. The van der Waals surface area contributed by atoms with E-state index in [2.05, 4.69) is 23.1 Å². The number of aliphatic hydroxyl groups is 4. The van der Waals surface area contributed by atoms with E-state index in [1.54, 1.807) is 12.2 Å². The number of nitrogens with zero attached hydrogens (tertiary/aromatic N) is 2. The van der Waals surface area contributed by atoms with Crippen molar-refractivity contribution in [2.24, 2.45) is 17.8 Å². The Morgan fingerprint density at radius 2 is 1.57 bits per heavy atom. The van der Waals surface area contributed by atoms with E-state index >= 15 is 0 Å². The van der Waals surface area contributed by atoms with Crippen molar-refractivity contribution in [1.82, 2.24) is 9.55 Å². The Labute approximate surface area is 411 Å². The van der Waals surface area contributed by atoms with Gasteiger partial charge >= 0.3 is 33.3 Å². The van der Waals surface area contributed by atoms with Crippen LogP contribution in [-0.2, 0) is 51.1 Å². The standard InChI is InChI=1S/C47H79N3O18P2/c1-4-6-15-21-34(51)25-26-36-38(52)29-39(53)37-22-17-13-14-18-23-42(54)63-30-35(66-43(55)24-19-12-10-8-7-9-11-16-20-33(3)5-2)31-64-69(59,60)68-70(61,62)65-32-40(45(57)44(36)56)67-46(37)50-28-27-41(48)49-47(50)58/h13,17,25-28,33-38,40,44-46,51-52,56-57H,4-12,14-16,18-24,29-32H2,1-3H3,(H,59,60)(H,61,62)(H2,48,49,58)/b17-13-,26-25?/t33?,34-,35+,36-,37-,38+,40+,44-,45+,46+/m0/s1. The molecule has 2 aliphatic rings. The zero-order valence-corrected chi connectivity index (χ0v) is 42.7. The summed E-state index contributed by atoms with van der Waals surface area (Å²) in [6.45, 7) is 3.68. The summed E-state index contributed by atoms with van der Waals surface area (Å²) in [4.78, 5) is 78.3. The van der Waals surface area contributed by atoms with Crippen molar-refractivity contribution >= 4 is 39.2 Å². The number of ketones is 1. The van der Waals surface area contributed by atoms with Crippen LogP contribution in [0.2, 0.25) is 0 Å². The maximum atomic E-state index is 14.2. The summed E-state index contributed by atoms with van der Waals surface area (Å²) in [5.74, 6) is -4.41. The number of ether oxygens (including phenoxy) is 3. The molecule has 3 rings (SSSR count). The SMILES string of the molecule is CCCCC[C@H](O)C=C[C@@H]1[C@H](O)[C@H](O)[C@H]2COP(=O)(O)OP(=O)(O)OC[C@H](OC(=O)CCCCCCCCCCC(C)CC)COC(=O)CCC/C=C\C[C@@H](C(=O)C[C@H]1O)[C@H](n1ccc(N)nc1=O)O2. The number of allylic oxidation sites excluding steroid dienone is 2. The van der Waals surface area contributed by atoms with Gasteiger partial charge in [0.25, 0.3) is 0 Å². The van der Waals surface area contributed by atoms with Gasteiger partial charge in [0.1, 0.15) is 36.6 Å². The van der Waals surface area contributed by atoms with Crippen molar-refractivity contribution in [3.8, 4) is 0 Å². The van der Waals surface area contributed by atoms with Crippen LogP contribution in [0.3, 0.4) is 0 Å². The van der Waals surface area contributed by atoms with Crippen molar-refractivity contribution in [3.63, 3.8) is 0 Å². The maximum Gasteiger partial charge on any atom is 0.481 e. The number of Topliss-reactive ketones (excluding diaryl/α,β-unsaturated/α-hetero) is 1. The molecule has 23 heteroatoms. The monoisotopic (exact) mass is 1040 g/mol. The lowest BCUT2D eigenvalue weighted by Gasteiger charge is -2.38. The largest absolute Gasteiger partial charge is 0.481 e. The highest BCUT2D eigenvalue weighted by atomic mass is 31.3. The number of hydrogen-bond acceptors (Lipinski definition) is 18. The number of unbranched alkanes of at least 4 members (excludes halogenated alkanes) is 9. The molecule has 0 aliphatic carbocycles. The molecule has 1 aromatic heterocycles. The van der Waals surface area contributed by atoms with Crippen LogP contribution in [0.25, 0.3) is 0 Å². The van der Waals surface area contributed by atoms with Crippen molar-refractivity contribution in [1.29, 1.82) is 0 Å². The summed E-state index contributed by atoms with van der Waals surface area (Å²) in [6, 6.07) is 1.21. The molecule has 8 N–H and O–H groups in total. The number of carbonyl (C=O) groups excluding carboxylic acids is 3. The van der Waals surface area contributed by atoms with Gasteiger partial charge in [-0.3, -0.25) is 28.0 Å². The summed E-state index contributed by atoms with van der Waals surface area (Å²) < 4.78 is 58.8. The van der Waals surface area contributed by atoms with Gasteiger partial charge in [-0.15, -0.1) is 0 Å². The molecule has 3 heterocycles. The fourth-order valence-electron chi connectivity index (χ4n) is 8.04. The molecule has 0 spiro atoms. The normalized spacial score (nSPS) is 30.8. The van der Waals surface area contributed by atoms with Crippen molar-refractivity contribution in [2.75, 3.05) is 25.6 Å². The topological polar surface area (TPSA) is 323 Å². The molecule has 3 unspecified atom stereocenters. The molecular formula is C47H79N3O18P2. The number of carbonyl (C=O) groups is 3. The molecule has 1 aromatic rings. The Bertz CT molecular complexity index is 1950. The van der Waals surface area contributed by atoms with Crippen LogP contribution in [0.15, 0.2) is 41.4 Å². The fourth-order valence-corrected chi connectivity index (χ4v) is 10.1. The molecule has 2 bridgehead atoms. The van der Waals surface area contributed by atoms with Crippen LogP contribution >= 0.6 is 15.6 Å². The second kappa shape index (κ2) is 32.1. The predicted molar refractivity (Wildman–Crippen MR) is 257 cm³/mol. The number of rotatable bonds is 20. The average molecular weight is 1040 g/mol. The molecule has 0 radical (unpaired) electrons. The van der Waals surface area contributed by atoms with E-state index in [4.69, 9.17) is 29.0 Å². The molecule has 1 saturated heterocycles. The predicted octanol–water partition coefficient (Wildman–Crippen LogP) is 6.28. The minimum Gasteiger partial charge on any atom is -0.462 e. The minimum atomic E-state index is -5.72. The molecule has 0 aromatic carbocycles. The molecule has 1 fully saturated rings. The number of aromatic nitrogens is 2. The first-order valence-corrected chi connectivity index (χ1v) is 27.8. The van der Waals surface area contributed by atoms with Gasteiger partial charge in [-0.1, -0.05) is 122 Å². The lowest BCUT2D eigenvalue weighted by molar-refractivity contribution is -0.183. The van der Waals surface area contributed by atoms with E-state index in [9.17, 15) is 58.5 Å². The lowest BCUT2D eigenvalue weighted by Crippen LogP contribution is -2.51. The Morgan fingerprint density at radius 3 is 2.24 bits per heavy atom. The number of aliphatic hydroxyl groups excluding tert-OH is 4. The van der Waals surface area contributed by atoms with Gasteiger partial charge < -0.3 is 50.2 Å². The average Bonchev–Trinajstić information content (AvgIpc) is 3.29. The zero-order valence-electron chi connectivity index (χ0n) is 40.9. The van der Waals surface area contributed by atoms with Gasteiger partial charge in [-0.2, -0.15) is 9.29 Å². The van der Waals surface area contributed by atoms with Crippen LogP contribution in [-0.4, -0.2) is 114 Å². The van der Waals surface area contributed by atoms with Crippen LogP contribution in [0.4, 0.5) is 5.82 Å². The van der Waals surface area contributed by atoms with Crippen LogP contribution in [0.5, 0.6) is 0 Å². The number of phosphoric acid groups is 2. The van der Waals surface area contributed by atoms with Gasteiger partial charge in [0.05, 0.1) is 37.4 Å². The summed E-state index contributed by atoms with van der Waals surface area (Å²) >= 11 is 0. The van der Waals surface area contributed by atoms with Crippen molar-refractivity contribution < 1.29 is 81.3 Å². The Kier molecular flexibility index (Phi) is 28.0. The number of nitrogens with two attached hydrogens (primary N) is 1. The zero-order chi connectivity index (χ0) is 51.7. The smallest absolute Gasteiger partial charge is 0.462 e. The van der Waals surface area contributed by atoms with Gasteiger partial charge in [0.15, 0.2) is 6.10 Å². The van der Waals surface area contributed by atoms with E-state index in [-0.39, 0.29) is 37.9 Å². The van der Waals surface area contributed by atoms with Crippen molar-refractivity contribution in [3.05, 3.63) is 47.1 Å². The summed E-state index contributed by atoms with van der Waals surface area (Å²) in [5.41, 5.74) is 4.72. The van der Waals surface area contributed by atoms with E-state index in [0.29, 0.717) is 19.3 Å². The molecule has 12 atom stereocenters. The highest BCUT2D eigenvalue weighted by Crippen LogP contribution is 2.60.